The number of aliphatic imine (C=N–C) groups is 1. The zero-order valence-corrected chi connectivity index (χ0v) is 33.9. The number of aryl methyl sites for hydroxylation is 2. The first-order valence-electron chi connectivity index (χ1n) is 19.9. The van der Waals surface area contributed by atoms with E-state index in [9.17, 15) is 4.79 Å². The summed E-state index contributed by atoms with van der Waals surface area (Å²) in [5, 5.41) is 15.3. The fourth-order valence-electron chi connectivity index (χ4n) is 8.72. The normalized spacial score (nSPS) is 16.9. The predicted octanol–water partition coefficient (Wildman–Crippen LogP) is 11.9. The summed E-state index contributed by atoms with van der Waals surface area (Å²) in [6, 6.07) is 38.0. The topological polar surface area (TPSA) is 103 Å². The van der Waals surface area contributed by atoms with Crippen LogP contribution in [0.5, 0.6) is 17.2 Å². The van der Waals surface area contributed by atoms with Gasteiger partial charge in [-0.15, -0.1) is 0 Å². The van der Waals surface area contributed by atoms with E-state index in [0.717, 1.165) is 79.5 Å². The van der Waals surface area contributed by atoms with Gasteiger partial charge in [-0.25, -0.2) is 4.99 Å². The third-order valence-electron chi connectivity index (χ3n) is 11.5. The van der Waals surface area contributed by atoms with E-state index in [1.54, 1.807) is 12.1 Å². The van der Waals surface area contributed by atoms with E-state index in [1.165, 1.54) is 6.40 Å². The molecule has 2 unspecified atom stereocenters. The second-order valence-electron chi connectivity index (χ2n) is 14.9. The minimum absolute atomic E-state index is 0.166. The molecule has 1 amide bonds. The van der Waals surface area contributed by atoms with Gasteiger partial charge in [0.05, 0.1) is 38.2 Å². The molecule has 4 heterocycles. The Balaban J connectivity index is 0.933. The van der Waals surface area contributed by atoms with E-state index < -0.39 is 12.1 Å². The molecule has 0 spiro atoms. The lowest BCUT2D eigenvalue weighted by molar-refractivity contribution is 0.102. The van der Waals surface area contributed by atoms with Gasteiger partial charge in [0.25, 0.3) is 5.91 Å². The number of hydrogen-bond donors (Lipinski definition) is 3. The van der Waals surface area contributed by atoms with Gasteiger partial charge < -0.3 is 39.3 Å². The number of para-hydroxylation sites is 1. The second kappa shape index (κ2) is 14.1. The summed E-state index contributed by atoms with van der Waals surface area (Å²) in [5.74, 6) is 2.86. The molecule has 0 saturated heterocycles. The number of carbonyl (C=O) groups excluding carboxylic acids is 1. The number of benzene rings is 6. The van der Waals surface area contributed by atoms with E-state index in [1.807, 2.05) is 78.9 Å². The van der Waals surface area contributed by atoms with Gasteiger partial charge in [0.15, 0.2) is 17.9 Å². The molecular formula is C48H36Cl2N6O4. The molecule has 8 aromatic rings. The quantitative estimate of drug-likeness (QED) is 0.109. The summed E-state index contributed by atoms with van der Waals surface area (Å²) >= 11 is 14.5. The molecule has 3 aliphatic rings. The zero-order valence-electron chi connectivity index (χ0n) is 32.4. The van der Waals surface area contributed by atoms with Crippen molar-refractivity contribution in [3.05, 3.63) is 148 Å². The monoisotopic (exact) mass is 830 g/mol. The number of anilines is 3. The smallest absolute Gasteiger partial charge is 0.255 e. The number of nitrogens with zero attached hydrogens (tertiary/aromatic N) is 3. The Morgan fingerprint density at radius 3 is 1.80 bits per heavy atom. The molecule has 2 aromatic heterocycles. The van der Waals surface area contributed by atoms with Crippen LogP contribution in [0.2, 0.25) is 0 Å². The summed E-state index contributed by atoms with van der Waals surface area (Å²) in [6.07, 6.45) is 1.47. The fourth-order valence-corrected chi connectivity index (χ4v) is 9.33. The first-order chi connectivity index (χ1) is 29.4. The van der Waals surface area contributed by atoms with E-state index in [0.29, 0.717) is 44.3 Å². The highest BCUT2D eigenvalue weighted by Crippen LogP contribution is 2.50. The van der Waals surface area contributed by atoms with E-state index in [-0.39, 0.29) is 5.91 Å². The molecule has 0 fully saturated rings. The number of aromatic nitrogens is 2. The predicted molar refractivity (Wildman–Crippen MR) is 242 cm³/mol. The number of carbonyl (C=O) groups is 1. The van der Waals surface area contributed by atoms with Gasteiger partial charge in [-0.2, -0.15) is 0 Å². The maximum absolute atomic E-state index is 13.0. The molecule has 0 saturated carbocycles. The number of ether oxygens (including phenoxy) is 3. The van der Waals surface area contributed by atoms with E-state index >= 15 is 0 Å². The maximum atomic E-state index is 13.0. The van der Waals surface area contributed by atoms with Crippen molar-refractivity contribution >= 4 is 102 Å². The summed E-state index contributed by atoms with van der Waals surface area (Å²) in [5.41, 5.74) is 7.76. The van der Waals surface area contributed by atoms with Crippen LogP contribution in [0.15, 0.2) is 148 Å². The van der Waals surface area contributed by atoms with Crippen molar-refractivity contribution < 1.29 is 19.0 Å². The van der Waals surface area contributed by atoms with Crippen LogP contribution < -0.4 is 30.2 Å². The Morgan fingerprint density at radius 1 is 0.683 bits per heavy atom. The second-order valence-corrected chi connectivity index (χ2v) is 15.7. The van der Waals surface area contributed by atoms with Gasteiger partial charge >= 0.3 is 0 Å². The summed E-state index contributed by atoms with van der Waals surface area (Å²) in [7, 11) is 0. The van der Waals surface area contributed by atoms with Crippen molar-refractivity contribution in [2.75, 3.05) is 16.0 Å². The summed E-state index contributed by atoms with van der Waals surface area (Å²) in [6.45, 7) is 5.73. The molecule has 2 atom stereocenters. The van der Waals surface area contributed by atoms with Crippen LogP contribution in [0.25, 0.3) is 43.6 Å². The van der Waals surface area contributed by atoms with Crippen LogP contribution >= 0.6 is 23.2 Å². The first-order valence-corrected chi connectivity index (χ1v) is 20.6. The Hall–Kier alpha value is -6.88. The molecule has 3 N–H and O–H groups in total. The number of hydrogen-bond acceptors (Lipinski definition) is 7. The zero-order chi connectivity index (χ0) is 40.6. The molecule has 1 aliphatic carbocycles. The van der Waals surface area contributed by atoms with Gasteiger partial charge in [0, 0.05) is 69.1 Å². The third-order valence-corrected chi connectivity index (χ3v) is 12.3. The maximum Gasteiger partial charge on any atom is 0.255 e. The fraction of sp³-hybridized carbons (Fsp3) is 0.125. The van der Waals surface area contributed by atoms with Gasteiger partial charge in [-0.1, -0.05) is 59.6 Å². The number of rotatable bonds is 7. The molecule has 60 heavy (non-hydrogen) atoms. The average molecular weight is 832 g/mol. The highest BCUT2D eigenvalue weighted by atomic mass is 35.5. The Morgan fingerprint density at radius 2 is 1.22 bits per heavy atom. The molecule has 296 valence electrons. The van der Waals surface area contributed by atoms with Crippen LogP contribution in [0.3, 0.4) is 0 Å². The standard InChI is InChI=1S/C48H36Cl2N6O4/c1-3-55-36-17-15-27(51-25-58-29-13-9-6-10-14-29)19-30(36)32-21-34-40(23-38(32)55)59-46-43(50)45-47(42(49)44(46)53-34)60-41-24-39-33(22-35(41)54-45)31-20-28(16-18-37(31)56(39)4-2)52-48(57)26-11-7-5-8-12-26/h5-25,44-45,53-54H,3-4H2,1-2H3,(H,52,57). The van der Waals surface area contributed by atoms with Crippen molar-refractivity contribution in [3.63, 3.8) is 0 Å². The van der Waals surface area contributed by atoms with Gasteiger partial charge in [0.1, 0.15) is 29.4 Å². The van der Waals surface area contributed by atoms with Crippen LogP contribution in [-0.4, -0.2) is 33.5 Å². The third kappa shape index (κ3) is 5.77. The molecule has 0 bridgehead atoms. The minimum atomic E-state index is -0.574. The van der Waals surface area contributed by atoms with E-state index in [4.69, 9.17) is 37.4 Å². The van der Waals surface area contributed by atoms with Crippen molar-refractivity contribution in [2.24, 2.45) is 4.99 Å². The summed E-state index contributed by atoms with van der Waals surface area (Å²) < 4.78 is 23.6. The molecule has 12 heteroatoms. The van der Waals surface area contributed by atoms with Crippen LogP contribution in [0.4, 0.5) is 22.7 Å². The van der Waals surface area contributed by atoms with Crippen LogP contribution in [0.1, 0.15) is 24.2 Å². The Kier molecular flexibility index (Phi) is 8.54. The highest BCUT2D eigenvalue weighted by Gasteiger charge is 2.43. The van der Waals surface area contributed by atoms with Gasteiger partial charge in [-0.05, 0) is 86.6 Å². The lowest BCUT2D eigenvalue weighted by Crippen LogP contribution is -2.42. The first kappa shape index (κ1) is 36.2. The van der Waals surface area contributed by atoms with Crippen LogP contribution in [0, 0.1) is 0 Å². The molecular weight excluding hydrogens is 795 g/mol. The highest BCUT2D eigenvalue weighted by molar-refractivity contribution is 6.35. The van der Waals surface area contributed by atoms with Gasteiger partial charge in [0.2, 0.25) is 0 Å². The number of nitrogens with one attached hydrogen (secondary N) is 3. The van der Waals surface area contributed by atoms with Crippen molar-refractivity contribution in [1.29, 1.82) is 0 Å². The van der Waals surface area contributed by atoms with E-state index in [2.05, 4.69) is 74.3 Å². The van der Waals surface area contributed by atoms with Crippen molar-refractivity contribution in [2.45, 2.75) is 39.0 Å². The Bertz CT molecular complexity index is 3190. The molecule has 10 nitrogen and oxygen atoms in total. The largest absolute Gasteiger partial charge is 0.456 e. The lowest BCUT2D eigenvalue weighted by atomic mass is 9.97. The lowest BCUT2D eigenvalue weighted by Gasteiger charge is -2.39. The number of fused-ring (bicyclic) bond motifs is 10. The van der Waals surface area contributed by atoms with Gasteiger partial charge in [-0.3, -0.25) is 4.79 Å². The SMILES string of the molecule is CCn1c2ccc(N=COc3ccccc3)cc2c2cc3c(cc21)OC1=C(Cl)C2Nc4cc5c6cc(NC(=O)c7ccccc7)ccc6n(CC)c5cc4OC2=C(Cl)C1N3. The van der Waals surface area contributed by atoms with Crippen LogP contribution in [-0.2, 0) is 13.1 Å². The van der Waals surface area contributed by atoms with Crippen molar-refractivity contribution in [3.8, 4) is 17.2 Å². The molecule has 6 aromatic carbocycles. The molecule has 11 rings (SSSR count). The number of halogens is 2. The molecule has 2 aliphatic heterocycles. The molecule has 0 radical (unpaired) electrons. The summed E-state index contributed by atoms with van der Waals surface area (Å²) in [4.78, 5) is 17.6. The minimum Gasteiger partial charge on any atom is -0.456 e. The average Bonchev–Trinajstić information content (AvgIpc) is 3.75. The Labute approximate surface area is 354 Å². The van der Waals surface area contributed by atoms with Crippen molar-refractivity contribution in [1.82, 2.24) is 9.13 Å². The number of amides is 1.